The van der Waals surface area contributed by atoms with Crippen LogP contribution in [0.5, 0.6) is 0 Å². The van der Waals surface area contributed by atoms with Gasteiger partial charge in [-0.05, 0) is 76.1 Å². The van der Waals surface area contributed by atoms with Crippen molar-refractivity contribution in [3.05, 3.63) is 182 Å². The fourth-order valence-electron chi connectivity index (χ4n) is 9.09. The van der Waals surface area contributed by atoms with E-state index in [4.69, 9.17) is 15.0 Å². The van der Waals surface area contributed by atoms with E-state index < -0.39 is 0 Å². The first-order valence-electron chi connectivity index (χ1n) is 19.8. The molecule has 0 aliphatic rings. The molecule has 0 saturated carbocycles. The lowest BCUT2D eigenvalue weighted by atomic mass is 10.0. The van der Waals surface area contributed by atoms with Gasteiger partial charge in [0.1, 0.15) is 0 Å². The molecule has 0 bridgehead atoms. The van der Waals surface area contributed by atoms with Crippen molar-refractivity contribution in [1.29, 1.82) is 0 Å². The van der Waals surface area contributed by atoms with Gasteiger partial charge in [-0.2, -0.15) is 0 Å². The van der Waals surface area contributed by atoms with Gasteiger partial charge in [-0.1, -0.05) is 127 Å². The third-order valence-corrected chi connectivity index (χ3v) is 14.2. The molecule has 13 aromatic rings. The Morgan fingerprint density at radius 1 is 0.356 bits per heavy atom. The molecule has 6 heteroatoms. The van der Waals surface area contributed by atoms with Gasteiger partial charge in [-0.3, -0.25) is 0 Å². The number of fused-ring (bicyclic) bond motifs is 11. The molecular formula is C53H30N4S2. The van der Waals surface area contributed by atoms with Crippen LogP contribution in [0.1, 0.15) is 0 Å². The Kier molecular flexibility index (Phi) is 7.02. The average molecular weight is 787 g/mol. The molecule has 13 rings (SSSR count). The molecule has 0 atom stereocenters. The molecule has 4 aromatic heterocycles. The maximum atomic E-state index is 5.43. The Labute approximate surface area is 345 Å². The third kappa shape index (κ3) is 4.97. The molecule has 9 aromatic carbocycles. The van der Waals surface area contributed by atoms with Gasteiger partial charge in [-0.25, -0.2) is 15.0 Å². The summed E-state index contributed by atoms with van der Waals surface area (Å²) in [5.74, 6) is 1.98. The maximum absolute atomic E-state index is 5.43. The minimum atomic E-state index is 0.653. The number of rotatable bonds is 4. The van der Waals surface area contributed by atoms with E-state index in [0.717, 1.165) is 33.2 Å². The number of thiophene rings is 2. The molecule has 0 aliphatic heterocycles. The van der Waals surface area contributed by atoms with Crippen molar-refractivity contribution in [3.63, 3.8) is 0 Å². The summed E-state index contributed by atoms with van der Waals surface area (Å²) >= 11 is 3.63. The molecule has 0 spiro atoms. The summed E-state index contributed by atoms with van der Waals surface area (Å²) in [5, 5.41) is 12.1. The first-order valence-corrected chi connectivity index (χ1v) is 21.4. The Morgan fingerprint density at radius 3 is 1.80 bits per heavy atom. The van der Waals surface area contributed by atoms with Crippen LogP contribution in [-0.2, 0) is 0 Å². The van der Waals surface area contributed by atoms with Crippen molar-refractivity contribution < 1.29 is 0 Å². The van der Waals surface area contributed by atoms with Gasteiger partial charge in [-0.15, -0.1) is 22.7 Å². The van der Waals surface area contributed by atoms with E-state index >= 15 is 0 Å². The van der Waals surface area contributed by atoms with Crippen LogP contribution < -0.4 is 0 Å². The fourth-order valence-corrected chi connectivity index (χ4v) is 11.5. The summed E-state index contributed by atoms with van der Waals surface area (Å²) in [6.07, 6.45) is 0. The second-order valence-corrected chi connectivity index (χ2v) is 17.3. The zero-order chi connectivity index (χ0) is 38.6. The number of aromatic nitrogens is 4. The van der Waals surface area contributed by atoms with Gasteiger partial charge < -0.3 is 4.57 Å². The van der Waals surface area contributed by atoms with Crippen molar-refractivity contribution in [2.24, 2.45) is 0 Å². The van der Waals surface area contributed by atoms with Crippen LogP contribution >= 0.6 is 22.7 Å². The third-order valence-electron chi connectivity index (χ3n) is 11.8. The van der Waals surface area contributed by atoms with Crippen LogP contribution in [0.4, 0.5) is 0 Å². The molecule has 0 saturated heterocycles. The molecule has 0 unspecified atom stereocenters. The van der Waals surface area contributed by atoms with Crippen molar-refractivity contribution in [3.8, 4) is 39.9 Å². The van der Waals surface area contributed by atoms with Crippen LogP contribution in [0.2, 0.25) is 0 Å². The second kappa shape index (κ2) is 12.6. The van der Waals surface area contributed by atoms with E-state index in [2.05, 4.69) is 187 Å². The van der Waals surface area contributed by atoms with Crippen LogP contribution in [0.25, 0.3) is 124 Å². The van der Waals surface area contributed by atoms with E-state index in [1.165, 1.54) is 72.9 Å². The smallest absolute Gasteiger partial charge is 0.165 e. The van der Waals surface area contributed by atoms with E-state index in [-0.39, 0.29) is 0 Å². The molecule has 4 heterocycles. The van der Waals surface area contributed by atoms with E-state index in [1.807, 2.05) is 11.3 Å². The lowest BCUT2D eigenvalue weighted by Crippen LogP contribution is -2.01. The SMILES string of the molecule is c1ccc2cc(-c3nc(-c4cccc5c4sc4ccccc45)nc(-c4ccc(-n5c6ccccc6c6cc7ccccc7cc65)c5sc6ccccc6c45)n3)ccc2c1. The summed E-state index contributed by atoms with van der Waals surface area (Å²) in [4.78, 5) is 16.1. The maximum Gasteiger partial charge on any atom is 0.165 e. The normalized spacial score (nSPS) is 12.1. The van der Waals surface area contributed by atoms with Crippen LogP contribution in [0.3, 0.4) is 0 Å². The van der Waals surface area contributed by atoms with Gasteiger partial charge in [0.05, 0.1) is 21.4 Å². The highest BCUT2D eigenvalue weighted by Gasteiger charge is 2.23. The van der Waals surface area contributed by atoms with Gasteiger partial charge in [0.2, 0.25) is 0 Å². The standard InChI is InChI=1S/C53H30N4S2/c1-2-13-32-28-35(25-24-31(32)12-1)51-54-52(56-53(55-51)41-20-11-19-38-37-17-6-9-22-46(37)58-49(38)41)40-26-27-44(50-48(40)39-18-7-10-23-47(39)59-50)57-43-21-8-5-16-36(43)42-29-33-14-3-4-15-34(33)30-45(42)57/h1-30H. The minimum Gasteiger partial charge on any atom is -0.308 e. The number of benzene rings is 9. The van der Waals surface area contributed by atoms with Gasteiger partial charge in [0.15, 0.2) is 17.5 Å². The Bertz CT molecular complexity index is 3870. The van der Waals surface area contributed by atoms with Crippen molar-refractivity contribution in [1.82, 2.24) is 19.5 Å². The Morgan fingerprint density at radius 2 is 0.966 bits per heavy atom. The number of hydrogen-bond acceptors (Lipinski definition) is 5. The Hall–Kier alpha value is -7.25. The number of para-hydroxylation sites is 1. The van der Waals surface area contributed by atoms with E-state index in [1.54, 1.807) is 11.3 Å². The largest absolute Gasteiger partial charge is 0.308 e. The lowest BCUT2D eigenvalue weighted by molar-refractivity contribution is 1.08. The predicted molar refractivity (Wildman–Crippen MR) is 251 cm³/mol. The summed E-state index contributed by atoms with van der Waals surface area (Å²) in [5.41, 5.74) is 6.47. The monoisotopic (exact) mass is 786 g/mol. The molecule has 0 amide bonds. The van der Waals surface area contributed by atoms with Crippen LogP contribution in [-0.4, -0.2) is 19.5 Å². The number of nitrogens with zero attached hydrogens (tertiary/aromatic N) is 4. The van der Waals surface area contributed by atoms with Gasteiger partial charge in [0.25, 0.3) is 0 Å². The molecule has 59 heavy (non-hydrogen) atoms. The quantitative estimate of drug-likeness (QED) is 0.178. The number of hydrogen-bond donors (Lipinski definition) is 0. The predicted octanol–water partition coefficient (Wildman–Crippen LogP) is 15.0. The molecule has 274 valence electrons. The zero-order valence-corrected chi connectivity index (χ0v) is 33.1. The molecule has 4 nitrogen and oxygen atoms in total. The second-order valence-electron chi connectivity index (χ2n) is 15.2. The van der Waals surface area contributed by atoms with Crippen LogP contribution in [0, 0.1) is 0 Å². The lowest BCUT2D eigenvalue weighted by Gasteiger charge is -2.14. The highest BCUT2D eigenvalue weighted by Crippen LogP contribution is 2.46. The summed E-state index contributed by atoms with van der Waals surface area (Å²) in [6, 6.07) is 65.5. The molecule has 0 aliphatic carbocycles. The first-order chi connectivity index (χ1) is 29.2. The van der Waals surface area contributed by atoms with Gasteiger partial charge >= 0.3 is 0 Å². The molecular weight excluding hydrogens is 757 g/mol. The summed E-state index contributed by atoms with van der Waals surface area (Å²) < 4.78 is 7.30. The first kappa shape index (κ1) is 32.8. The van der Waals surface area contributed by atoms with E-state index in [9.17, 15) is 0 Å². The molecule has 0 fully saturated rings. The zero-order valence-electron chi connectivity index (χ0n) is 31.4. The highest BCUT2D eigenvalue weighted by molar-refractivity contribution is 7.26. The van der Waals surface area contributed by atoms with E-state index in [0.29, 0.717) is 17.5 Å². The van der Waals surface area contributed by atoms with Crippen LogP contribution in [0.15, 0.2) is 182 Å². The summed E-state index contributed by atoms with van der Waals surface area (Å²) in [7, 11) is 0. The highest BCUT2D eigenvalue weighted by atomic mass is 32.1. The topological polar surface area (TPSA) is 43.6 Å². The van der Waals surface area contributed by atoms with Crippen molar-refractivity contribution in [2.75, 3.05) is 0 Å². The Balaban J connectivity index is 1.11. The van der Waals surface area contributed by atoms with Crippen molar-refractivity contribution in [2.45, 2.75) is 0 Å². The summed E-state index contributed by atoms with van der Waals surface area (Å²) in [6.45, 7) is 0. The molecule has 0 radical (unpaired) electrons. The average Bonchev–Trinajstić information content (AvgIpc) is 3.98. The minimum absolute atomic E-state index is 0.653. The van der Waals surface area contributed by atoms with Gasteiger partial charge in [0, 0.05) is 63.1 Å². The van der Waals surface area contributed by atoms with Crippen molar-refractivity contribution >= 4 is 106 Å². The molecule has 0 N–H and O–H groups in total. The fraction of sp³-hybridized carbons (Fsp3) is 0.